The highest BCUT2D eigenvalue weighted by atomic mass is 16.6. The lowest BCUT2D eigenvalue weighted by Crippen LogP contribution is -2.27. The molecule has 1 aliphatic heterocycles. The second kappa shape index (κ2) is 6.12. The van der Waals surface area contributed by atoms with Crippen molar-refractivity contribution < 1.29 is 19.7 Å². The van der Waals surface area contributed by atoms with Crippen LogP contribution in [-0.2, 0) is 16.1 Å². The van der Waals surface area contributed by atoms with E-state index in [1.54, 1.807) is 0 Å². The Balaban J connectivity index is 1.86. The molecule has 0 aromatic heterocycles. The highest BCUT2D eigenvalue weighted by Crippen LogP contribution is 2.23. The maximum atomic E-state index is 9.16. The number of rotatable bonds is 5. The first-order valence-corrected chi connectivity index (χ1v) is 5.86. The number of aliphatic hydroxyl groups is 2. The summed E-state index contributed by atoms with van der Waals surface area (Å²) in [5.74, 6) is 0. The Hall–Kier alpha value is -0.940. The van der Waals surface area contributed by atoms with Crippen molar-refractivity contribution in [3.8, 4) is 0 Å². The largest absolute Gasteiger partial charge is 0.394 e. The maximum Gasteiger partial charge on any atom is 0.107 e. The molecule has 0 bridgehead atoms. The van der Waals surface area contributed by atoms with Crippen molar-refractivity contribution >= 4 is 0 Å². The molecule has 4 heteroatoms. The Kier molecular flexibility index (Phi) is 4.50. The van der Waals surface area contributed by atoms with Crippen LogP contribution in [0.25, 0.3) is 0 Å². The van der Waals surface area contributed by atoms with Crippen LogP contribution < -0.4 is 0 Å². The fourth-order valence-corrected chi connectivity index (χ4v) is 2.03. The lowest BCUT2D eigenvalue weighted by molar-refractivity contribution is -0.0587. The van der Waals surface area contributed by atoms with Gasteiger partial charge in [-0.2, -0.15) is 0 Å². The minimum Gasteiger partial charge on any atom is -0.394 e. The highest BCUT2D eigenvalue weighted by Gasteiger charge is 2.35. The molecule has 1 heterocycles. The predicted octanol–water partition coefficient (Wildman–Crippen LogP) is 0.714. The minimum absolute atomic E-state index is 0.0261. The molecule has 1 fully saturated rings. The fraction of sp³-hybridized carbons (Fsp3) is 0.538. The van der Waals surface area contributed by atoms with E-state index in [9.17, 15) is 0 Å². The maximum absolute atomic E-state index is 9.16. The number of hydrogen-bond donors (Lipinski definition) is 2. The molecule has 2 rings (SSSR count). The summed E-state index contributed by atoms with van der Waals surface area (Å²) >= 11 is 0. The first-order chi connectivity index (χ1) is 8.33. The molecule has 2 N–H and O–H groups in total. The van der Waals surface area contributed by atoms with Crippen molar-refractivity contribution in [2.24, 2.45) is 0 Å². The van der Waals surface area contributed by atoms with Crippen LogP contribution >= 0.6 is 0 Å². The van der Waals surface area contributed by atoms with Gasteiger partial charge < -0.3 is 19.7 Å². The second-order valence-corrected chi connectivity index (χ2v) is 4.23. The molecule has 3 atom stereocenters. The number of ether oxygens (including phenoxy) is 2. The van der Waals surface area contributed by atoms with Gasteiger partial charge in [0.05, 0.1) is 32.0 Å². The van der Waals surface area contributed by atoms with Gasteiger partial charge in [-0.05, 0) is 5.56 Å². The molecule has 94 valence electrons. The monoisotopic (exact) mass is 238 g/mol. The Morgan fingerprint density at radius 2 is 1.94 bits per heavy atom. The molecule has 1 aliphatic rings. The average Bonchev–Trinajstić information content (AvgIpc) is 2.80. The van der Waals surface area contributed by atoms with Gasteiger partial charge in [0.25, 0.3) is 0 Å². The third-order valence-corrected chi connectivity index (χ3v) is 2.97. The van der Waals surface area contributed by atoms with Gasteiger partial charge in [-0.25, -0.2) is 0 Å². The lowest BCUT2D eigenvalue weighted by atomic mass is 10.1. The summed E-state index contributed by atoms with van der Waals surface area (Å²) in [5, 5.41) is 18.2. The lowest BCUT2D eigenvalue weighted by Gasteiger charge is -2.16. The van der Waals surface area contributed by atoms with Gasteiger partial charge in [0.1, 0.15) is 6.10 Å². The first kappa shape index (κ1) is 12.5. The minimum atomic E-state index is -0.323. The molecule has 0 radical (unpaired) electrons. The van der Waals surface area contributed by atoms with Gasteiger partial charge in [0, 0.05) is 6.42 Å². The van der Waals surface area contributed by atoms with E-state index in [-0.39, 0.29) is 31.5 Å². The summed E-state index contributed by atoms with van der Waals surface area (Å²) in [6, 6.07) is 9.87. The third kappa shape index (κ3) is 3.26. The van der Waals surface area contributed by atoms with Gasteiger partial charge in [-0.15, -0.1) is 0 Å². The number of aliphatic hydroxyl groups excluding tert-OH is 2. The summed E-state index contributed by atoms with van der Waals surface area (Å²) in [6.07, 6.45) is -0.0460. The van der Waals surface area contributed by atoms with Crippen molar-refractivity contribution in [3.63, 3.8) is 0 Å². The van der Waals surface area contributed by atoms with Gasteiger partial charge in [-0.3, -0.25) is 0 Å². The molecule has 0 unspecified atom stereocenters. The Morgan fingerprint density at radius 1 is 1.18 bits per heavy atom. The smallest absolute Gasteiger partial charge is 0.107 e. The molecule has 1 aromatic carbocycles. The Morgan fingerprint density at radius 3 is 2.59 bits per heavy atom. The van der Waals surface area contributed by atoms with Gasteiger partial charge in [0.15, 0.2) is 0 Å². The van der Waals surface area contributed by atoms with Crippen LogP contribution in [0.15, 0.2) is 30.3 Å². The predicted molar refractivity (Wildman–Crippen MR) is 62.5 cm³/mol. The average molecular weight is 238 g/mol. The van der Waals surface area contributed by atoms with Crippen LogP contribution in [-0.4, -0.2) is 41.7 Å². The molecular formula is C13H18O4. The topological polar surface area (TPSA) is 58.9 Å². The van der Waals surface area contributed by atoms with Crippen LogP contribution in [0.4, 0.5) is 0 Å². The van der Waals surface area contributed by atoms with E-state index in [0.29, 0.717) is 13.0 Å². The van der Waals surface area contributed by atoms with E-state index < -0.39 is 0 Å². The van der Waals surface area contributed by atoms with Gasteiger partial charge in [-0.1, -0.05) is 30.3 Å². The van der Waals surface area contributed by atoms with Crippen LogP contribution in [0.5, 0.6) is 0 Å². The van der Waals surface area contributed by atoms with Crippen molar-refractivity contribution in [3.05, 3.63) is 35.9 Å². The van der Waals surface area contributed by atoms with E-state index in [2.05, 4.69) is 0 Å². The van der Waals surface area contributed by atoms with E-state index >= 15 is 0 Å². The molecule has 0 spiro atoms. The van der Waals surface area contributed by atoms with Crippen LogP contribution in [0.2, 0.25) is 0 Å². The van der Waals surface area contributed by atoms with Crippen molar-refractivity contribution in [1.29, 1.82) is 0 Å². The third-order valence-electron chi connectivity index (χ3n) is 2.97. The number of benzene rings is 1. The summed E-state index contributed by atoms with van der Waals surface area (Å²) in [7, 11) is 0. The van der Waals surface area contributed by atoms with Crippen LogP contribution in [0.3, 0.4) is 0 Å². The van der Waals surface area contributed by atoms with E-state index in [1.807, 2.05) is 30.3 Å². The normalized spacial score (nSPS) is 28.5. The second-order valence-electron chi connectivity index (χ2n) is 4.23. The zero-order chi connectivity index (χ0) is 12.1. The van der Waals surface area contributed by atoms with Gasteiger partial charge >= 0.3 is 0 Å². The molecule has 17 heavy (non-hydrogen) atoms. The molecular weight excluding hydrogens is 220 g/mol. The number of hydrogen-bond acceptors (Lipinski definition) is 4. The first-order valence-electron chi connectivity index (χ1n) is 5.86. The van der Waals surface area contributed by atoms with Gasteiger partial charge in [0.2, 0.25) is 0 Å². The van der Waals surface area contributed by atoms with Crippen molar-refractivity contribution in [1.82, 2.24) is 0 Å². The molecule has 0 saturated carbocycles. The fourth-order valence-electron chi connectivity index (χ4n) is 2.03. The van der Waals surface area contributed by atoms with E-state index in [1.165, 1.54) is 0 Å². The molecule has 1 saturated heterocycles. The molecule has 0 amide bonds. The summed E-state index contributed by atoms with van der Waals surface area (Å²) in [5.41, 5.74) is 1.09. The standard InChI is InChI=1S/C13H18O4/c14-7-11-6-12(13(8-15)17-11)16-9-10-4-2-1-3-5-10/h1-5,11-15H,6-9H2/t11-,12+,13+/m1/s1. The van der Waals surface area contributed by atoms with Crippen molar-refractivity contribution in [2.75, 3.05) is 13.2 Å². The van der Waals surface area contributed by atoms with E-state index in [4.69, 9.17) is 19.7 Å². The summed E-state index contributed by atoms with van der Waals surface area (Å²) < 4.78 is 11.2. The van der Waals surface area contributed by atoms with E-state index in [0.717, 1.165) is 5.56 Å². The van der Waals surface area contributed by atoms with Crippen LogP contribution in [0.1, 0.15) is 12.0 Å². The van der Waals surface area contributed by atoms with Crippen molar-refractivity contribution in [2.45, 2.75) is 31.3 Å². The summed E-state index contributed by atoms with van der Waals surface area (Å²) in [6.45, 7) is 0.404. The molecule has 0 aliphatic carbocycles. The highest BCUT2D eigenvalue weighted by molar-refractivity contribution is 5.13. The zero-order valence-electron chi connectivity index (χ0n) is 9.66. The quantitative estimate of drug-likeness (QED) is 0.793. The Labute approximate surface area is 101 Å². The SMILES string of the molecule is OC[C@H]1C[C@H](OCc2ccccc2)[C@H](CO)O1. The van der Waals surface area contributed by atoms with Crippen LogP contribution in [0, 0.1) is 0 Å². The zero-order valence-corrected chi connectivity index (χ0v) is 9.66. The Bertz CT molecular complexity index is 327. The summed E-state index contributed by atoms with van der Waals surface area (Å²) in [4.78, 5) is 0. The molecule has 4 nitrogen and oxygen atoms in total. The molecule has 1 aromatic rings.